The average Bonchev–Trinajstić information content (AvgIpc) is 2.30. The van der Waals surface area contributed by atoms with E-state index in [4.69, 9.17) is 5.73 Å². The first-order valence-electron chi connectivity index (χ1n) is 4.03. The van der Waals surface area contributed by atoms with Gasteiger partial charge in [-0.25, -0.2) is 0 Å². The summed E-state index contributed by atoms with van der Waals surface area (Å²) < 4.78 is 0. The summed E-state index contributed by atoms with van der Waals surface area (Å²) in [5.41, 5.74) is 7.04. The van der Waals surface area contributed by atoms with E-state index in [0.29, 0.717) is 0 Å². The molecule has 0 unspecified atom stereocenters. The highest BCUT2D eigenvalue weighted by Crippen LogP contribution is 2.26. The number of aliphatic hydroxyl groups is 1. The predicted molar refractivity (Wildman–Crippen MR) is 52.4 cm³/mol. The molecule has 2 nitrogen and oxygen atoms in total. The third-order valence-corrected chi connectivity index (χ3v) is 3.29. The number of rotatable bonds is 2. The molecule has 0 fully saturated rings. The fourth-order valence-electron chi connectivity index (χ4n) is 1.00. The molecule has 0 saturated carbocycles. The summed E-state index contributed by atoms with van der Waals surface area (Å²) in [5, 5.41) is 9.26. The van der Waals surface area contributed by atoms with Gasteiger partial charge in [0.1, 0.15) is 0 Å². The van der Waals surface area contributed by atoms with Crippen LogP contribution in [0.25, 0.3) is 0 Å². The van der Waals surface area contributed by atoms with Gasteiger partial charge >= 0.3 is 0 Å². The van der Waals surface area contributed by atoms with Gasteiger partial charge in [-0.1, -0.05) is 0 Å². The van der Waals surface area contributed by atoms with Crippen molar-refractivity contribution in [2.45, 2.75) is 32.9 Å². The standard InChI is InChI=1S/C9H15NOS/c1-5-4-8(12-7(5)3)9(10)6(2)11/h4,6,9,11H,10H2,1-3H3/t6-,9-/m0/s1. The lowest BCUT2D eigenvalue weighted by atomic mass is 10.1. The third kappa shape index (κ3) is 1.86. The molecular formula is C9H15NOS. The summed E-state index contributed by atoms with van der Waals surface area (Å²) in [6.07, 6.45) is -0.470. The molecule has 1 heterocycles. The molecule has 2 atom stereocenters. The summed E-state index contributed by atoms with van der Waals surface area (Å²) in [5.74, 6) is 0. The highest BCUT2D eigenvalue weighted by atomic mass is 32.1. The topological polar surface area (TPSA) is 46.2 Å². The van der Waals surface area contributed by atoms with Crippen LogP contribution in [0.2, 0.25) is 0 Å². The molecule has 1 rings (SSSR count). The van der Waals surface area contributed by atoms with Crippen LogP contribution in [0, 0.1) is 13.8 Å². The maximum absolute atomic E-state index is 9.26. The zero-order valence-electron chi connectivity index (χ0n) is 7.66. The van der Waals surface area contributed by atoms with E-state index in [-0.39, 0.29) is 6.04 Å². The minimum absolute atomic E-state index is 0.234. The minimum Gasteiger partial charge on any atom is -0.391 e. The maximum atomic E-state index is 9.26. The molecule has 1 aromatic heterocycles. The van der Waals surface area contributed by atoms with Crippen molar-refractivity contribution in [1.82, 2.24) is 0 Å². The van der Waals surface area contributed by atoms with E-state index in [1.807, 2.05) is 0 Å². The average molecular weight is 185 g/mol. The second-order valence-electron chi connectivity index (χ2n) is 3.15. The molecule has 1 aromatic rings. The van der Waals surface area contributed by atoms with E-state index in [1.165, 1.54) is 10.4 Å². The molecule has 0 aliphatic heterocycles. The second kappa shape index (κ2) is 3.56. The van der Waals surface area contributed by atoms with Gasteiger partial charge in [0.2, 0.25) is 0 Å². The van der Waals surface area contributed by atoms with Crippen molar-refractivity contribution in [3.05, 3.63) is 21.4 Å². The van der Waals surface area contributed by atoms with Crippen molar-refractivity contribution in [2.75, 3.05) is 0 Å². The van der Waals surface area contributed by atoms with Gasteiger partial charge in [0, 0.05) is 9.75 Å². The number of nitrogens with two attached hydrogens (primary N) is 1. The number of aliphatic hydroxyl groups excluding tert-OH is 1. The first-order chi connectivity index (χ1) is 5.52. The molecule has 0 aliphatic carbocycles. The van der Waals surface area contributed by atoms with E-state index in [1.54, 1.807) is 18.3 Å². The van der Waals surface area contributed by atoms with Crippen molar-refractivity contribution >= 4 is 11.3 Å². The van der Waals surface area contributed by atoms with Crippen molar-refractivity contribution in [1.29, 1.82) is 0 Å². The van der Waals surface area contributed by atoms with Crippen LogP contribution in [0.3, 0.4) is 0 Å². The van der Waals surface area contributed by atoms with Gasteiger partial charge < -0.3 is 10.8 Å². The van der Waals surface area contributed by atoms with E-state index in [9.17, 15) is 5.11 Å². The largest absolute Gasteiger partial charge is 0.391 e. The summed E-state index contributed by atoms with van der Waals surface area (Å²) >= 11 is 1.67. The zero-order chi connectivity index (χ0) is 9.30. The molecule has 0 aliphatic rings. The number of thiophene rings is 1. The summed E-state index contributed by atoms with van der Waals surface area (Å²) in [7, 11) is 0. The number of hydrogen-bond donors (Lipinski definition) is 2. The molecule has 0 saturated heterocycles. The van der Waals surface area contributed by atoms with Crippen LogP contribution in [0.15, 0.2) is 6.07 Å². The van der Waals surface area contributed by atoms with Gasteiger partial charge in [0.05, 0.1) is 12.1 Å². The SMILES string of the molecule is Cc1cc([C@@H](N)[C@H](C)O)sc1C. The van der Waals surface area contributed by atoms with Crippen LogP contribution in [0.5, 0.6) is 0 Å². The highest BCUT2D eigenvalue weighted by molar-refractivity contribution is 7.12. The summed E-state index contributed by atoms with van der Waals surface area (Å²) in [4.78, 5) is 2.35. The molecule has 12 heavy (non-hydrogen) atoms. The van der Waals surface area contributed by atoms with Crippen molar-refractivity contribution in [3.8, 4) is 0 Å². The molecule has 68 valence electrons. The van der Waals surface area contributed by atoms with Crippen molar-refractivity contribution < 1.29 is 5.11 Å². The fraction of sp³-hybridized carbons (Fsp3) is 0.556. The van der Waals surface area contributed by atoms with Crippen LogP contribution in [0.4, 0.5) is 0 Å². The quantitative estimate of drug-likeness (QED) is 0.737. The first kappa shape index (κ1) is 9.71. The Kier molecular flexibility index (Phi) is 2.88. The molecule has 0 bridgehead atoms. The van der Waals surface area contributed by atoms with Gasteiger partial charge in [-0.2, -0.15) is 0 Å². The minimum atomic E-state index is -0.470. The Bertz CT molecular complexity index is 248. The monoisotopic (exact) mass is 185 g/mol. The third-order valence-electron chi connectivity index (χ3n) is 2.03. The Morgan fingerprint density at radius 2 is 2.08 bits per heavy atom. The lowest BCUT2D eigenvalue weighted by molar-refractivity contribution is 0.165. The Morgan fingerprint density at radius 3 is 2.42 bits per heavy atom. The molecular weight excluding hydrogens is 170 g/mol. The van der Waals surface area contributed by atoms with E-state index in [2.05, 4.69) is 19.9 Å². The lowest BCUT2D eigenvalue weighted by Gasteiger charge is -2.11. The van der Waals surface area contributed by atoms with Gasteiger partial charge in [0.15, 0.2) is 0 Å². The predicted octanol–water partition coefficient (Wildman–Crippen LogP) is 1.75. The van der Waals surface area contributed by atoms with Crippen LogP contribution in [0.1, 0.15) is 28.3 Å². The molecule has 3 N–H and O–H groups in total. The Morgan fingerprint density at radius 1 is 1.50 bits per heavy atom. The summed E-state index contributed by atoms with van der Waals surface area (Å²) in [6.45, 7) is 5.84. The molecule has 0 amide bonds. The zero-order valence-corrected chi connectivity index (χ0v) is 8.48. The Labute approximate surface area is 77.0 Å². The van der Waals surface area contributed by atoms with Crippen molar-refractivity contribution in [3.63, 3.8) is 0 Å². The first-order valence-corrected chi connectivity index (χ1v) is 4.84. The van der Waals surface area contributed by atoms with E-state index >= 15 is 0 Å². The summed E-state index contributed by atoms with van der Waals surface area (Å²) in [6, 6.07) is 1.82. The number of hydrogen-bond acceptors (Lipinski definition) is 3. The Balaban J connectivity index is 2.89. The van der Waals surface area contributed by atoms with Crippen LogP contribution < -0.4 is 5.73 Å². The highest BCUT2D eigenvalue weighted by Gasteiger charge is 2.14. The van der Waals surface area contributed by atoms with Crippen LogP contribution >= 0.6 is 11.3 Å². The molecule has 3 heteroatoms. The van der Waals surface area contributed by atoms with Crippen LogP contribution in [-0.4, -0.2) is 11.2 Å². The molecule has 0 aromatic carbocycles. The van der Waals surface area contributed by atoms with Gasteiger partial charge in [-0.15, -0.1) is 11.3 Å². The maximum Gasteiger partial charge on any atom is 0.0712 e. The van der Waals surface area contributed by atoms with Gasteiger partial charge in [-0.05, 0) is 32.4 Å². The van der Waals surface area contributed by atoms with Crippen molar-refractivity contribution in [2.24, 2.45) is 5.73 Å². The lowest BCUT2D eigenvalue weighted by Crippen LogP contribution is -2.21. The number of aryl methyl sites for hydroxylation is 2. The fourth-order valence-corrected chi connectivity index (χ4v) is 2.15. The Hall–Kier alpha value is -0.380. The van der Waals surface area contributed by atoms with Crippen LogP contribution in [-0.2, 0) is 0 Å². The van der Waals surface area contributed by atoms with E-state index < -0.39 is 6.10 Å². The second-order valence-corrected chi connectivity index (χ2v) is 4.44. The van der Waals surface area contributed by atoms with Gasteiger partial charge in [-0.3, -0.25) is 0 Å². The van der Waals surface area contributed by atoms with E-state index in [0.717, 1.165) is 4.88 Å². The van der Waals surface area contributed by atoms with Gasteiger partial charge in [0.25, 0.3) is 0 Å². The molecule has 0 spiro atoms. The normalized spacial score (nSPS) is 16.1. The molecule has 0 radical (unpaired) electrons. The smallest absolute Gasteiger partial charge is 0.0712 e.